The number of aromatic nitrogens is 7. The first-order valence-electron chi connectivity index (χ1n) is 17.8. The quantitative estimate of drug-likeness (QED) is 0.0982. The van der Waals surface area contributed by atoms with Crippen LogP contribution < -0.4 is 4.74 Å². The van der Waals surface area contributed by atoms with Crippen LogP contribution in [0.5, 0.6) is 5.88 Å². The standard InChI is InChI=1S/C37H57IN8O3Si/c1-14-29-28-19-30(39-27(6)35(28)46(42-29)32-17-15-16-18-47-32)33-25(4)40-44(11)36(33)49-24(3)20-43(10)21-31-34(38)26(5)41-45(31)23(2)22-48-50(12,13)37(7,8)9/h14,19,23-24,32H,1,15-18,20-22H2,2-13H3/t23-,24-,32?/m0/s1. The molecule has 1 saturated heterocycles. The summed E-state index contributed by atoms with van der Waals surface area (Å²) in [5, 5.41) is 15.8. The number of hydrogen-bond acceptors (Lipinski definition) is 8. The number of nitrogens with zero attached hydrogens (tertiary/aromatic N) is 8. The van der Waals surface area contributed by atoms with E-state index >= 15 is 0 Å². The molecule has 13 heteroatoms. The summed E-state index contributed by atoms with van der Waals surface area (Å²) in [5.74, 6) is 0.699. The number of aryl methyl sites for hydroxylation is 4. The van der Waals surface area contributed by atoms with Gasteiger partial charge in [0, 0.05) is 32.1 Å². The van der Waals surface area contributed by atoms with Gasteiger partial charge in [-0.1, -0.05) is 27.4 Å². The van der Waals surface area contributed by atoms with E-state index in [2.05, 4.69) is 107 Å². The summed E-state index contributed by atoms with van der Waals surface area (Å²) in [6.07, 6.45) is 4.74. The fourth-order valence-electron chi connectivity index (χ4n) is 6.53. The van der Waals surface area contributed by atoms with Crippen molar-refractivity contribution in [3.63, 3.8) is 0 Å². The molecular weight excluding hydrogens is 759 g/mol. The summed E-state index contributed by atoms with van der Waals surface area (Å²) < 4.78 is 26.6. The second kappa shape index (κ2) is 15.2. The fraction of sp³-hybridized carbons (Fsp3) is 0.622. The average Bonchev–Trinajstić information content (AvgIpc) is 3.66. The van der Waals surface area contributed by atoms with Gasteiger partial charge in [0.25, 0.3) is 0 Å². The summed E-state index contributed by atoms with van der Waals surface area (Å²) >= 11 is 2.44. The molecule has 5 heterocycles. The summed E-state index contributed by atoms with van der Waals surface area (Å²) in [6.45, 7) is 28.8. The zero-order valence-electron chi connectivity index (χ0n) is 32.2. The number of likely N-dealkylation sites (N-methyl/N-ethyl adjacent to an activating group) is 1. The number of hydrogen-bond donors (Lipinski definition) is 0. The molecule has 1 aliphatic heterocycles. The summed E-state index contributed by atoms with van der Waals surface area (Å²) in [4.78, 5) is 7.40. The minimum atomic E-state index is -1.87. The molecule has 5 rings (SSSR count). The van der Waals surface area contributed by atoms with E-state index in [4.69, 9.17) is 34.2 Å². The molecular formula is C37H57IN8O3Si. The van der Waals surface area contributed by atoms with Crippen molar-refractivity contribution in [2.45, 2.75) is 118 Å². The van der Waals surface area contributed by atoms with Crippen molar-refractivity contribution in [2.75, 3.05) is 26.8 Å². The van der Waals surface area contributed by atoms with E-state index in [9.17, 15) is 0 Å². The number of pyridine rings is 1. The van der Waals surface area contributed by atoms with Gasteiger partial charge in [0.2, 0.25) is 5.88 Å². The molecule has 50 heavy (non-hydrogen) atoms. The second-order valence-electron chi connectivity index (χ2n) is 15.6. The third-order valence-electron chi connectivity index (χ3n) is 10.3. The summed E-state index contributed by atoms with van der Waals surface area (Å²) in [6, 6.07) is 2.22. The predicted octanol–water partition coefficient (Wildman–Crippen LogP) is 8.38. The van der Waals surface area contributed by atoms with Crippen molar-refractivity contribution in [1.29, 1.82) is 0 Å². The van der Waals surface area contributed by atoms with E-state index in [1.807, 2.05) is 36.3 Å². The van der Waals surface area contributed by atoms with E-state index in [0.29, 0.717) is 19.0 Å². The van der Waals surface area contributed by atoms with Crippen molar-refractivity contribution in [3.05, 3.63) is 44.7 Å². The van der Waals surface area contributed by atoms with Crippen LogP contribution in [0.1, 0.15) is 94.6 Å². The van der Waals surface area contributed by atoms with Crippen LogP contribution >= 0.6 is 22.6 Å². The van der Waals surface area contributed by atoms with E-state index in [1.165, 1.54) is 9.26 Å². The number of halogens is 1. The molecule has 3 atom stereocenters. The molecule has 1 aliphatic rings. The Bertz CT molecular complexity index is 1830. The maximum Gasteiger partial charge on any atom is 0.221 e. The molecule has 11 nitrogen and oxygen atoms in total. The van der Waals surface area contributed by atoms with E-state index in [0.717, 1.165) is 77.4 Å². The van der Waals surface area contributed by atoms with Crippen LogP contribution in [-0.4, -0.2) is 80.5 Å². The van der Waals surface area contributed by atoms with Crippen molar-refractivity contribution >= 4 is 47.9 Å². The van der Waals surface area contributed by atoms with Gasteiger partial charge in [0.15, 0.2) is 14.5 Å². The second-order valence-corrected chi connectivity index (χ2v) is 21.5. The zero-order chi connectivity index (χ0) is 36.7. The Morgan fingerprint density at radius 2 is 1.84 bits per heavy atom. The molecule has 274 valence electrons. The average molecular weight is 817 g/mol. The Morgan fingerprint density at radius 1 is 1.12 bits per heavy atom. The zero-order valence-corrected chi connectivity index (χ0v) is 35.4. The fourth-order valence-corrected chi connectivity index (χ4v) is 8.14. The predicted molar refractivity (Wildman–Crippen MR) is 212 cm³/mol. The Morgan fingerprint density at radius 3 is 2.48 bits per heavy atom. The molecule has 0 spiro atoms. The molecule has 4 aromatic heterocycles. The van der Waals surface area contributed by atoms with Crippen LogP contribution in [0.4, 0.5) is 0 Å². The molecule has 4 aromatic rings. The SMILES string of the molecule is C=Cc1nn(C2CCCCO2)c2c(C)nc(-c3c(C)nn(C)c3O[C@@H](C)CN(C)Cc3c(I)c(C)nn3[C@@H](C)CO[Si](C)(C)C(C)(C)C)cc12. The van der Waals surface area contributed by atoms with Gasteiger partial charge in [0.05, 0.1) is 61.5 Å². The Hall–Kier alpha value is -2.59. The molecule has 0 bridgehead atoms. The lowest BCUT2D eigenvalue weighted by molar-refractivity contribution is -0.0368. The first-order chi connectivity index (χ1) is 23.4. The highest BCUT2D eigenvalue weighted by Crippen LogP contribution is 2.38. The van der Waals surface area contributed by atoms with Crippen LogP contribution in [0.3, 0.4) is 0 Å². The smallest absolute Gasteiger partial charge is 0.221 e. The monoisotopic (exact) mass is 816 g/mol. The first kappa shape index (κ1) is 38.6. The molecule has 0 amide bonds. The van der Waals surface area contributed by atoms with E-state index in [-0.39, 0.29) is 23.4 Å². The normalized spacial score (nSPS) is 17.1. The molecule has 1 unspecified atom stereocenters. The highest BCUT2D eigenvalue weighted by molar-refractivity contribution is 14.1. The lowest BCUT2D eigenvalue weighted by Crippen LogP contribution is -2.42. The van der Waals surface area contributed by atoms with Crippen molar-refractivity contribution < 1.29 is 13.9 Å². The minimum absolute atomic E-state index is 0.0900. The molecule has 0 aromatic carbocycles. The lowest BCUT2D eigenvalue weighted by Gasteiger charge is -2.37. The third kappa shape index (κ3) is 7.91. The number of fused-ring (bicyclic) bond motifs is 1. The summed E-state index contributed by atoms with van der Waals surface area (Å²) in [7, 11) is 2.19. The van der Waals surface area contributed by atoms with Gasteiger partial charge >= 0.3 is 0 Å². The van der Waals surface area contributed by atoms with Gasteiger partial charge in [-0.05, 0) is 114 Å². The van der Waals surface area contributed by atoms with Crippen molar-refractivity contribution in [1.82, 2.24) is 39.2 Å². The number of rotatable bonds is 13. The maximum atomic E-state index is 6.71. The number of ether oxygens (including phenoxy) is 2. The van der Waals surface area contributed by atoms with Crippen LogP contribution in [0.15, 0.2) is 12.6 Å². The highest BCUT2D eigenvalue weighted by atomic mass is 127. The van der Waals surface area contributed by atoms with Crippen LogP contribution in [-0.2, 0) is 22.8 Å². The van der Waals surface area contributed by atoms with E-state index < -0.39 is 8.32 Å². The Labute approximate surface area is 313 Å². The van der Waals surface area contributed by atoms with Crippen molar-refractivity contribution in [2.24, 2.45) is 7.05 Å². The van der Waals surface area contributed by atoms with Gasteiger partial charge in [-0.2, -0.15) is 15.3 Å². The Balaban J connectivity index is 1.34. The van der Waals surface area contributed by atoms with Gasteiger partial charge in [-0.25, -0.2) is 9.36 Å². The van der Waals surface area contributed by atoms with Gasteiger partial charge < -0.3 is 13.9 Å². The minimum Gasteiger partial charge on any atom is -0.473 e. The van der Waals surface area contributed by atoms with Crippen LogP contribution in [0.25, 0.3) is 28.2 Å². The molecule has 0 N–H and O–H groups in total. The topological polar surface area (TPSA) is 97.3 Å². The van der Waals surface area contributed by atoms with Crippen LogP contribution in [0, 0.1) is 24.3 Å². The molecule has 0 aliphatic carbocycles. The van der Waals surface area contributed by atoms with E-state index in [1.54, 1.807) is 0 Å². The van der Waals surface area contributed by atoms with Crippen LogP contribution in [0.2, 0.25) is 18.1 Å². The maximum absolute atomic E-state index is 6.71. The third-order valence-corrected chi connectivity index (χ3v) is 16.2. The summed E-state index contributed by atoms with van der Waals surface area (Å²) in [5.41, 5.74) is 7.51. The first-order valence-corrected chi connectivity index (χ1v) is 21.8. The van der Waals surface area contributed by atoms with Gasteiger partial charge in [-0.15, -0.1) is 0 Å². The highest BCUT2D eigenvalue weighted by Gasteiger charge is 2.37. The van der Waals surface area contributed by atoms with Gasteiger partial charge in [-0.3, -0.25) is 14.6 Å². The largest absolute Gasteiger partial charge is 0.473 e. The molecule has 1 fully saturated rings. The Kier molecular flexibility index (Phi) is 11.7. The van der Waals surface area contributed by atoms with Crippen molar-refractivity contribution in [3.8, 4) is 17.1 Å². The van der Waals surface area contributed by atoms with Gasteiger partial charge in [0.1, 0.15) is 6.10 Å². The lowest BCUT2D eigenvalue weighted by atomic mass is 10.1. The molecule has 0 radical (unpaired) electrons. The molecule has 0 saturated carbocycles.